The second-order valence-corrected chi connectivity index (χ2v) is 8.62. The van der Waals surface area contributed by atoms with Crippen molar-refractivity contribution in [1.29, 1.82) is 0 Å². The van der Waals surface area contributed by atoms with Gasteiger partial charge in [0.05, 0.1) is 30.7 Å². The Bertz CT molecular complexity index is 1560. The maximum absolute atomic E-state index is 14.6. The van der Waals surface area contributed by atoms with Crippen LogP contribution in [0.25, 0.3) is 10.9 Å². The highest BCUT2D eigenvalue weighted by molar-refractivity contribution is 6.21. The predicted molar refractivity (Wildman–Crippen MR) is 135 cm³/mol. The number of benzene rings is 3. The molecule has 4 aromatic rings. The van der Waals surface area contributed by atoms with Crippen LogP contribution in [0.3, 0.4) is 0 Å². The van der Waals surface area contributed by atoms with Crippen LogP contribution in [0, 0.1) is 5.82 Å². The maximum atomic E-state index is 14.6. The van der Waals surface area contributed by atoms with Crippen LogP contribution in [0.2, 0.25) is 0 Å². The zero-order chi connectivity index (χ0) is 26.1. The van der Waals surface area contributed by atoms with E-state index in [9.17, 15) is 18.8 Å². The number of rotatable bonds is 8. The molecule has 1 aromatic heterocycles. The molecule has 0 aliphatic carbocycles. The summed E-state index contributed by atoms with van der Waals surface area (Å²) in [5.74, 6) is 0.0478. The molecule has 9 heteroatoms. The Hall–Kier alpha value is -4.53. The van der Waals surface area contributed by atoms with E-state index in [-0.39, 0.29) is 36.0 Å². The van der Waals surface area contributed by atoms with Crippen molar-refractivity contribution in [2.24, 2.45) is 0 Å². The molecule has 0 atom stereocenters. The lowest BCUT2D eigenvalue weighted by molar-refractivity contribution is 0.0655. The number of aryl methyl sites for hydroxylation is 1. The van der Waals surface area contributed by atoms with E-state index < -0.39 is 17.6 Å². The number of amides is 2. The number of methoxy groups -OCH3 is 2. The molecule has 0 saturated heterocycles. The van der Waals surface area contributed by atoms with Gasteiger partial charge in [0.2, 0.25) is 0 Å². The molecule has 0 bridgehead atoms. The number of fused-ring (bicyclic) bond motifs is 2. The fourth-order valence-corrected chi connectivity index (χ4v) is 4.61. The number of carbonyl (C=O) groups excluding carboxylic acids is 2. The standard InChI is InChI=1S/C28H24FN3O5/c1-36-22-11-10-17(16-23(22)37-2)12-14-31-24(30-25-20(28(31)35)8-5-9-21(25)29)13-15-32-26(33)18-6-3-4-7-19(18)27(32)34/h3-11,16H,12-15H2,1-2H3. The Labute approximate surface area is 211 Å². The van der Waals surface area contributed by atoms with Gasteiger partial charge in [-0.2, -0.15) is 0 Å². The number of nitrogens with zero attached hydrogens (tertiary/aromatic N) is 3. The lowest BCUT2D eigenvalue weighted by Crippen LogP contribution is -2.34. The number of aromatic nitrogens is 2. The van der Waals surface area contributed by atoms with Crippen LogP contribution < -0.4 is 15.0 Å². The summed E-state index contributed by atoms with van der Waals surface area (Å²) in [4.78, 5) is 44.6. The van der Waals surface area contributed by atoms with Gasteiger partial charge in [0.1, 0.15) is 17.2 Å². The van der Waals surface area contributed by atoms with Crippen LogP contribution in [0.4, 0.5) is 4.39 Å². The van der Waals surface area contributed by atoms with Crippen LogP contribution >= 0.6 is 0 Å². The number of imide groups is 1. The molecule has 1 aliphatic rings. The molecular weight excluding hydrogens is 477 g/mol. The molecule has 0 radical (unpaired) electrons. The van der Waals surface area contributed by atoms with E-state index in [2.05, 4.69) is 4.98 Å². The van der Waals surface area contributed by atoms with Crippen molar-refractivity contribution < 1.29 is 23.5 Å². The van der Waals surface area contributed by atoms with Crippen LogP contribution in [0.1, 0.15) is 32.1 Å². The average Bonchev–Trinajstić information content (AvgIpc) is 3.16. The fraction of sp³-hybridized carbons (Fsp3) is 0.214. The van der Waals surface area contributed by atoms with Gasteiger partial charge in [0.25, 0.3) is 17.4 Å². The first kappa shape index (κ1) is 24.2. The number of hydrogen-bond acceptors (Lipinski definition) is 6. The molecule has 8 nitrogen and oxygen atoms in total. The van der Waals surface area contributed by atoms with Crippen molar-refractivity contribution in [3.8, 4) is 11.5 Å². The molecule has 0 saturated carbocycles. The third-order valence-electron chi connectivity index (χ3n) is 6.52. The molecule has 5 rings (SSSR count). The van der Waals surface area contributed by atoms with Crippen molar-refractivity contribution in [2.75, 3.05) is 20.8 Å². The van der Waals surface area contributed by atoms with Crippen LogP contribution in [0.15, 0.2) is 65.5 Å². The Morgan fingerprint density at radius 3 is 2.19 bits per heavy atom. The van der Waals surface area contributed by atoms with Gasteiger partial charge in [-0.05, 0) is 48.4 Å². The Morgan fingerprint density at radius 2 is 1.51 bits per heavy atom. The van der Waals surface area contributed by atoms with E-state index in [1.165, 1.54) is 22.8 Å². The van der Waals surface area contributed by atoms with E-state index in [1.807, 2.05) is 12.1 Å². The Balaban J connectivity index is 1.47. The van der Waals surface area contributed by atoms with E-state index >= 15 is 0 Å². The van der Waals surface area contributed by atoms with Crippen molar-refractivity contribution >= 4 is 22.7 Å². The summed E-state index contributed by atoms with van der Waals surface area (Å²) in [6.07, 6.45) is 0.555. The highest BCUT2D eigenvalue weighted by atomic mass is 19.1. The minimum atomic E-state index is -0.608. The summed E-state index contributed by atoms with van der Waals surface area (Å²) in [6, 6.07) is 16.4. The largest absolute Gasteiger partial charge is 0.493 e. The van der Waals surface area contributed by atoms with Crippen LogP contribution in [0.5, 0.6) is 11.5 Å². The molecule has 0 N–H and O–H groups in total. The third-order valence-corrected chi connectivity index (χ3v) is 6.52. The zero-order valence-corrected chi connectivity index (χ0v) is 20.4. The van der Waals surface area contributed by atoms with Gasteiger partial charge in [-0.3, -0.25) is 23.9 Å². The fourth-order valence-electron chi connectivity index (χ4n) is 4.61. The predicted octanol–water partition coefficient (Wildman–Crippen LogP) is 3.63. The lowest BCUT2D eigenvalue weighted by atomic mass is 10.1. The number of carbonyl (C=O) groups is 2. The van der Waals surface area contributed by atoms with Crippen LogP contribution in [-0.2, 0) is 19.4 Å². The molecule has 2 amide bonds. The SMILES string of the molecule is COc1ccc(CCn2c(CCN3C(=O)c4ccccc4C3=O)nc3c(F)cccc3c2=O)cc1OC. The normalized spacial score (nSPS) is 12.8. The number of ether oxygens (including phenoxy) is 2. The van der Waals surface area contributed by atoms with E-state index in [0.29, 0.717) is 34.9 Å². The summed E-state index contributed by atoms with van der Waals surface area (Å²) in [7, 11) is 3.10. The van der Waals surface area contributed by atoms with Crippen LogP contribution in [-0.4, -0.2) is 47.0 Å². The number of hydrogen-bond donors (Lipinski definition) is 0. The van der Waals surface area contributed by atoms with Gasteiger partial charge in [-0.15, -0.1) is 0 Å². The minimum absolute atomic E-state index is 0.00903. The molecule has 0 spiro atoms. The number of para-hydroxylation sites is 1. The van der Waals surface area contributed by atoms with Gasteiger partial charge in [0.15, 0.2) is 11.5 Å². The van der Waals surface area contributed by atoms with Gasteiger partial charge < -0.3 is 9.47 Å². The topological polar surface area (TPSA) is 90.7 Å². The van der Waals surface area contributed by atoms with E-state index in [0.717, 1.165) is 10.5 Å². The van der Waals surface area contributed by atoms with Gasteiger partial charge in [-0.1, -0.05) is 24.3 Å². The first-order valence-corrected chi connectivity index (χ1v) is 11.8. The molecule has 2 heterocycles. The minimum Gasteiger partial charge on any atom is -0.493 e. The molecular formula is C28H24FN3O5. The summed E-state index contributed by atoms with van der Waals surface area (Å²) < 4.78 is 26.7. The second kappa shape index (κ2) is 9.85. The summed E-state index contributed by atoms with van der Waals surface area (Å²) in [5, 5.41) is 0.164. The molecule has 0 fully saturated rings. The summed E-state index contributed by atoms with van der Waals surface area (Å²) in [6.45, 7) is 0.264. The van der Waals surface area contributed by atoms with Crippen molar-refractivity contribution in [1.82, 2.24) is 14.5 Å². The Kier molecular flexibility index (Phi) is 6.43. The highest BCUT2D eigenvalue weighted by Crippen LogP contribution is 2.28. The van der Waals surface area contributed by atoms with Gasteiger partial charge >= 0.3 is 0 Å². The first-order chi connectivity index (χ1) is 17.9. The van der Waals surface area contributed by atoms with Crippen molar-refractivity contribution in [3.05, 3.63) is 99.3 Å². The average molecular weight is 502 g/mol. The Morgan fingerprint density at radius 1 is 0.811 bits per heavy atom. The van der Waals surface area contributed by atoms with E-state index in [1.54, 1.807) is 44.6 Å². The number of halogens is 1. The lowest BCUT2D eigenvalue weighted by Gasteiger charge is -2.17. The molecule has 0 unspecified atom stereocenters. The van der Waals surface area contributed by atoms with Crippen molar-refractivity contribution in [3.63, 3.8) is 0 Å². The smallest absolute Gasteiger partial charge is 0.261 e. The quantitative estimate of drug-likeness (QED) is 0.343. The molecule has 1 aliphatic heterocycles. The second-order valence-electron chi connectivity index (χ2n) is 8.62. The third kappa shape index (κ3) is 4.33. The molecule has 3 aromatic carbocycles. The zero-order valence-electron chi connectivity index (χ0n) is 20.4. The maximum Gasteiger partial charge on any atom is 0.261 e. The first-order valence-electron chi connectivity index (χ1n) is 11.8. The van der Waals surface area contributed by atoms with Gasteiger partial charge in [-0.25, -0.2) is 9.37 Å². The summed E-state index contributed by atoms with van der Waals surface area (Å²) >= 11 is 0. The molecule has 37 heavy (non-hydrogen) atoms. The molecule has 188 valence electrons. The monoisotopic (exact) mass is 501 g/mol. The van der Waals surface area contributed by atoms with Gasteiger partial charge in [0, 0.05) is 19.5 Å². The van der Waals surface area contributed by atoms with E-state index in [4.69, 9.17) is 9.47 Å². The summed E-state index contributed by atoms with van der Waals surface area (Å²) in [5.41, 5.74) is 1.16. The van der Waals surface area contributed by atoms with Crippen molar-refractivity contribution in [2.45, 2.75) is 19.4 Å². The highest BCUT2D eigenvalue weighted by Gasteiger charge is 2.35.